The number of hydrogen-bond acceptors (Lipinski definition) is 5. The molecule has 10 heteroatoms. The van der Waals surface area contributed by atoms with Crippen molar-refractivity contribution in [2.75, 3.05) is 45.8 Å². The fourth-order valence-corrected chi connectivity index (χ4v) is 7.26. The summed E-state index contributed by atoms with van der Waals surface area (Å²) in [5.74, 6) is 0. The third kappa shape index (κ3) is 7.48. The number of fused-ring (bicyclic) bond motifs is 1. The summed E-state index contributed by atoms with van der Waals surface area (Å²) in [7, 11) is -2.05. The van der Waals surface area contributed by atoms with Crippen LogP contribution in [0.1, 0.15) is 49.6 Å². The van der Waals surface area contributed by atoms with Gasteiger partial charge in [-0.2, -0.15) is 0 Å². The molecule has 3 aliphatic rings. The smallest absolute Gasteiger partial charge is 0.407 e. The molecule has 0 unspecified atom stereocenters. The molecule has 4 heterocycles. The van der Waals surface area contributed by atoms with Gasteiger partial charge in [-0.3, -0.25) is 9.88 Å². The Balaban J connectivity index is 1.21. The summed E-state index contributed by atoms with van der Waals surface area (Å²) in [6.07, 6.45) is 4.59. The van der Waals surface area contributed by atoms with E-state index in [9.17, 15) is 14.7 Å². The molecule has 1 aromatic carbocycles. The van der Waals surface area contributed by atoms with Gasteiger partial charge >= 0.3 is 12.1 Å². The second-order valence-corrected chi connectivity index (χ2v) is 18.4. The van der Waals surface area contributed by atoms with E-state index in [0.717, 1.165) is 42.9 Å². The Morgan fingerprint density at radius 3 is 2.40 bits per heavy atom. The van der Waals surface area contributed by atoms with E-state index in [4.69, 9.17) is 4.43 Å². The molecule has 1 N–H and O–H groups in total. The van der Waals surface area contributed by atoms with E-state index >= 15 is 0 Å². The maximum Gasteiger partial charge on any atom is 0.407 e. The maximum absolute atomic E-state index is 13.6. The van der Waals surface area contributed by atoms with E-state index in [1.807, 2.05) is 34.2 Å². The van der Waals surface area contributed by atoms with Crippen LogP contribution in [0.4, 0.5) is 9.59 Å². The van der Waals surface area contributed by atoms with Crippen molar-refractivity contribution in [3.05, 3.63) is 71.1 Å². The first-order valence-corrected chi connectivity index (χ1v) is 18.4. The molecule has 0 radical (unpaired) electrons. The van der Waals surface area contributed by atoms with Gasteiger partial charge in [-0.05, 0) is 59.3 Å². The van der Waals surface area contributed by atoms with E-state index < -0.39 is 14.4 Å². The molecule has 5 rings (SSSR count). The largest absolute Gasteiger partial charge is 0.465 e. The van der Waals surface area contributed by atoms with Crippen LogP contribution in [0.3, 0.4) is 0 Å². The molecule has 0 bridgehead atoms. The van der Waals surface area contributed by atoms with Gasteiger partial charge in [-0.1, -0.05) is 57.2 Å². The lowest BCUT2D eigenvalue weighted by atomic mass is 10.00. The van der Waals surface area contributed by atoms with Crippen LogP contribution in [0.15, 0.2) is 48.7 Å². The standard InChI is InChI=1S/C33H47N5O4Si/c1-33(2,3)43(4,5)42-30(23-35-15-12-25-8-6-7-9-28(25)21-35)24-38-19-18-37(31(38)39)22-29-11-10-27(20-34-29)26-13-16-36(17-14-26)32(40)41/h6-11,13,20,30H,12,14-19,21-24H2,1-5H3,(H,40,41)/t30-/m1/s1. The molecule has 0 aliphatic carbocycles. The fraction of sp³-hybridized carbons (Fsp3) is 0.545. The van der Waals surface area contributed by atoms with Crippen molar-refractivity contribution in [1.82, 2.24) is 24.6 Å². The highest BCUT2D eigenvalue weighted by Crippen LogP contribution is 2.38. The van der Waals surface area contributed by atoms with Gasteiger partial charge < -0.3 is 24.2 Å². The van der Waals surface area contributed by atoms with Crippen molar-refractivity contribution < 1.29 is 19.1 Å². The Bertz CT molecular complexity index is 1340. The number of aromatic nitrogens is 1. The Morgan fingerprint density at radius 2 is 1.74 bits per heavy atom. The van der Waals surface area contributed by atoms with E-state index in [-0.39, 0.29) is 17.2 Å². The first-order valence-electron chi connectivity index (χ1n) is 15.5. The van der Waals surface area contributed by atoms with Gasteiger partial charge in [-0.15, -0.1) is 0 Å². The molecule has 2 aromatic rings. The minimum absolute atomic E-state index is 0.0439. The summed E-state index contributed by atoms with van der Waals surface area (Å²) in [5, 5.41) is 9.27. The molecule has 1 fully saturated rings. The number of carbonyl (C=O) groups excluding carboxylic acids is 1. The Labute approximate surface area is 257 Å². The van der Waals surface area contributed by atoms with Crippen LogP contribution in [0.5, 0.6) is 0 Å². The van der Waals surface area contributed by atoms with Crippen molar-refractivity contribution in [2.24, 2.45) is 0 Å². The van der Waals surface area contributed by atoms with Gasteiger partial charge in [-0.25, -0.2) is 9.59 Å². The van der Waals surface area contributed by atoms with Crippen LogP contribution in [0.2, 0.25) is 18.1 Å². The second kappa shape index (κ2) is 12.8. The molecular weight excluding hydrogens is 558 g/mol. The molecule has 232 valence electrons. The topological polar surface area (TPSA) is 89.5 Å². The lowest BCUT2D eigenvalue weighted by Gasteiger charge is -2.42. The van der Waals surface area contributed by atoms with Crippen LogP contribution in [-0.4, -0.2) is 102 Å². The minimum atomic E-state index is -2.05. The van der Waals surface area contributed by atoms with Gasteiger partial charge in [0.1, 0.15) is 0 Å². The second-order valence-electron chi connectivity index (χ2n) is 13.7. The van der Waals surface area contributed by atoms with E-state index in [0.29, 0.717) is 45.7 Å². The molecule has 9 nitrogen and oxygen atoms in total. The van der Waals surface area contributed by atoms with E-state index in [1.54, 1.807) is 0 Å². The highest BCUT2D eigenvalue weighted by Gasteiger charge is 2.41. The predicted octanol–water partition coefficient (Wildman–Crippen LogP) is 5.54. The molecule has 0 spiro atoms. The number of benzene rings is 1. The molecular formula is C33H47N5O4Si. The molecule has 1 saturated heterocycles. The van der Waals surface area contributed by atoms with Crippen LogP contribution in [0, 0.1) is 0 Å². The average molecular weight is 606 g/mol. The van der Waals surface area contributed by atoms with Crippen molar-refractivity contribution in [3.63, 3.8) is 0 Å². The summed E-state index contributed by atoms with van der Waals surface area (Å²) in [5.41, 5.74) is 5.80. The summed E-state index contributed by atoms with van der Waals surface area (Å²) in [4.78, 5) is 37.2. The average Bonchev–Trinajstić information content (AvgIpc) is 3.30. The van der Waals surface area contributed by atoms with E-state index in [1.165, 1.54) is 16.0 Å². The van der Waals surface area contributed by atoms with Gasteiger partial charge in [0.15, 0.2) is 8.32 Å². The number of amides is 3. The van der Waals surface area contributed by atoms with Crippen molar-refractivity contribution in [2.45, 2.75) is 70.9 Å². The van der Waals surface area contributed by atoms with Gasteiger partial charge in [0.2, 0.25) is 0 Å². The van der Waals surface area contributed by atoms with E-state index in [2.05, 4.69) is 68.0 Å². The zero-order chi connectivity index (χ0) is 30.8. The molecule has 3 aliphatic heterocycles. The van der Waals surface area contributed by atoms with Crippen molar-refractivity contribution >= 4 is 26.0 Å². The van der Waals surface area contributed by atoms with Crippen LogP contribution in [-0.2, 0) is 23.9 Å². The number of carbonyl (C=O) groups is 2. The lowest BCUT2D eigenvalue weighted by Crippen LogP contribution is -2.51. The van der Waals surface area contributed by atoms with Crippen molar-refractivity contribution in [1.29, 1.82) is 0 Å². The van der Waals surface area contributed by atoms with Gasteiger partial charge in [0, 0.05) is 58.6 Å². The number of carboxylic acid groups (broad SMARTS) is 1. The first kappa shape index (κ1) is 31.2. The lowest BCUT2D eigenvalue weighted by molar-refractivity contribution is 0.0878. The van der Waals surface area contributed by atoms with Crippen molar-refractivity contribution in [3.8, 4) is 0 Å². The van der Waals surface area contributed by atoms with Crippen LogP contribution < -0.4 is 0 Å². The molecule has 1 aromatic heterocycles. The normalized spacial score (nSPS) is 19.0. The number of hydrogen-bond donors (Lipinski definition) is 1. The third-order valence-electron chi connectivity index (χ3n) is 9.57. The molecule has 1 atom stereocenters. The highest BCUT2D eigenvalue weighted by atomic mass is 28.4. The third-order valence-corrected chi connectivity index (χ3v) is 14.1. The summed E-state index contributed by atoms with van der Waals surface area (Å²) in [6, 6.07) is 12.8. The molecule has 0 saturated carbocycles. The monoisotopic (exact) mass is 605 g/mol. The minimum Gasteiger partial charge on any atom is -0.465 e. The fourth-order valence-electron chi connectivity index (χ4n) is 5.93. The predicted molar refractivity (Wildman–Crippen MR) is 171 cm³/mol. The number of urea groups is 1. The maximum atomic E-state index is 13.6. The summed E-state index contributed by atoms with van der Waals surface area (Å²) in [6.45, 7) is 17.4. The quantitative estimate of drug-likeness (QED) is 0.378. The highest BCUT2D eigenvalue weighted by molar-refractivity contribution is 6.74. The first-order chi connectivity index (χ1) is 20.4. The van der Waals surface area contributed by atoms with Gasteiger partial charge in [0.25, 0.3) is 0 Å². The SMILES string of the molecule is CC(C)(C)[Si](C)(C)O[C@H](CN1CCc2ccccc2C1)CN1CCN(Cc2ccc(C3=CCN(C(=O)O)CC3)cn2)C1=O. The molecule has 3 amide bonds. The Morgan fingerprint density at radius 1 is 1.00 bits per heavy atom. The number of pyridine rings is 1. The van der Waals surface area contributed by atoms with Crippen LogP contribution in [0.25, 0.3) is 5.57 Å². The number of nitrogens with zero attached hydrogens (tertiary/aromatic N) is 5. The summed E-state index contributed by atoms with van der Waals surface area (Å²) < 4.78 is 6.98. The summed E-state index contributed by atoms with van der Waals surface area (Å²) >= 11 is 0. The Kier molecular flexibility index (Phi) is 9.29. The zero-order valence-electron chi connectivity index (χ0n) is 26.4. The van der Waals surface area contributed by atoms with Gasteiger partial charge in [0.05, 0.1) is 18.3 Å². The Hall–Kier alpha value is -3.21. The molecule has 43 heavy (non-hydrogen) atoms. The zero-order valence-corrected chi connectivity index (χ0v) is 27.4. The number of rotatable bonds is 9. The van der Waals surface area contributed by atoms with Crippen LogP contribution >= 0.6 is 0 Å².